The lowest BCUT2D eigenvalue weighted by Crippen LogP contribution is -2.44. The van der Waals surface area contributed by atoms with Crippen LogP contribution in [0.3, 0.4) is 0 Å². The lowest BCUT2D eigenvalue weighted by Gasteiger charge is -2.33. The molecule has 0 radical (unpaired) electrons. The summed E-state index contributed by atoms with van der Waals surface area (Å²) in [5, 5.41) is 2.81. The van der Waals surface area contributed by atoms with Crippen molar-refractivity contribution in [2.45, 2.75) is 39.2 Å². The molecule has 0 aromatic heterocycles. The average molecular weight is 376 g/mol. The van der Waals surface area contributed by atoms with E-state index < -0.39 is 11.7 Å². The molecule has 2 aliphatic heterocycles. The van der Waals surface area contributed by atoms with E-state index in [4.69, 9.17) is 14.2 Å². The summed E-state index contributed by atoms with van der Waals surface area (Å²) in [5.41, 5.74) is 0.0144. The van der Waals surface area contributed by atoms with Crippen molar-refractivity contribution in [1.82, 2.24) is 10.2 Å². The molecular weight excluding hydrogens is 348 g/mol. The fourth-order valence-corrected chi connectivity index (χ4v) is 3.37. The van der Waals surface area contributed by atoms with Gasteiger partial charge in [0.15, 0.2) is 11.5 Å². The van der Waals surface area contributed by atoms with E-state index in [0.29, 0.717) is 49.9 Å². The summed E-state index contributed by atoms with van der Waals surface area (Å²) in [5.74, 6) is 1.29. The predicted octanol–water partition coefficient (Wildman–Crippen LogP) is 2.83. The molecule has 1 aromatic rings. The van der Waals surface area contributed by atoms with Crippen molar-refractivity contribution < 1.29 is 23.8 Å². The Hall–Kier alpha value is -2.44. The molecule has 1 aromatic carbocycles. The van der Waals surface area contributed by atoms with Gasteiger partial charge in [-0.15, -0.1) is 0 Å². The van der Waals surface area contributed by atoms with Gasteiger partial charge in [0.05, 0.1) is 5.56 Å². The highest BCUT2D eigenvalue weighted by Crippen LogP contribution is 2.34. The van der Waals surface area contributed by atoms with Crippen molar-refractivity contribution in [3.8, 4) is 11.5 Å². The monoisotopic (exact) mass is 376 g/mol. The summed E-state index contributed by atoms with van der Waals surface area (Å²) in [6, 6.07) is 5.40. The Bertz CT molecular complexity index is 698. The summed E-state index contributed by atoms with van der Waals surface area (Å²) in [4.78, 5) is 26.7. The molecule has 1 saturated heterocycles. The molecule has 7 nitrogen and oxygen atoms in total. The number of hydrogen-bond donors (Lipinski definition) is 1. The number of amides is 2. The maximum Gasteiger partial charge on any atom is 0.407 e. The van der Waals surface area contributed by atoms with Gasteiger partial charge in [-0.1, -0.05) is 6.07 Å². The molecule has 1 fully saturated rings. The number of alkyl carbamates (subject to hydrolysis) is 1. The number of carbonyl (C=O) groups excluding carboxylic acids is 2. The molecule has 1 atom stereocenters. The number of para-hydroxylation sites is 1. The lowest BCUT2D eigenvalue weighted by molar-refractivity contribution is 0.0502. The van der Waals surface area contributed by atoms with Crippen LogP contribution in [0.15, 0.2) is 18.2 Å². The van der Waals surface area contributed by atoms with Crippen molar-refractivity contribution in [1.29, 1.82) is 0 Å². The number of nitrogens with one attached hydrogen (secondary N) is 1. The molecule has 0 bridgehead atoms. The first-order valence-electron chi connectivity index (χ1n) is 9.48. The molecule has 2 heterocycles. The molecule has 1 unspecified atom stereocenters. The van der Waals surface area contributed by atoms with Crippen molar-refractivity contribution in [3.63, 3.8) is 0 Å². The predicted molar refractivity (Wildman–Crippen MR) is 100 cm³/mol. The zero-order valence-corrected chi connectivity index (χ0v) is 16.2. The van der Waals surface area contributed by atoms with Crippen LogP contribution in [0.2, 0.25) is 0 Å². The normalized spacial score (nSPS) is 19.4. The first kappa shape index (κ1) is 19.3. The molecule has 1 N–H and O–H groups in total. The van der Waals surface area contributed by atoms with Crippen LogP contribution >= 0.6 is 0 Å². The Labute approximate surface area is 160 Å². The second-order valence-electron chi connectivity index (χ2n) is 7.97. The van der Waals surface area contributed by atoms with Crippen LogP contribution in [0.4, 0.5) is 4.79 Å². The molecule has 148 valence electrons. The van der Waals surface area contributed by atoms with Gasteiger partial charge in [0.2, 0.25) is 0 Å². The van der Waals surface area contributed by atoms with Gasteiger partial charge in [-0.3, -0.25) is 4.79 Å². The highest BCUT2D eigenvalue weighted by atomic mass is 16.6. The molecule has 2 aliphatic rings. The molecule has 27 heavy (non-hydrogen) atoms. The quantitative estimate of drug-likeness (QED) is 0.878. The van der Waals surface area contributed by atoms with Crippen molar-refractivity contribution in [2.24, 2.45) is 5.92 Å². The van der Waals surface area contributed by atoms with Gasteiger partial charge in [0.25, 0.3) is 5.91 Å². The van der Waals surface area contributed by atoms with Crippen molar-refractivity contribution in [3.05, 3.63) is 23.8 Å². The molecule has 7 heteroatoms. The van der Waals surface area contributed by atoms with Gasteiger partial charge in [-0.05, 0) is 51.7 Å². The van der Waals surface area contributed by atoms with E-state index in [1.807, 2.05) is 37.8 Å². The van der Waals surface area contributed by atoms with E-state index in [0.717, 1.165) is 12.8 Å². The Kier molecular flexibility index (Phi) is 5.77. The summed E-state index contributed by atoms with van der Waals surface area (Å²) < 4.78 is 16.5. The standard InChI is InChI=1S/C20H28N2O5/c1-20(2,3)27-19(24)21-12-14-6-5-9-22(13-14)18(23)15-7-4-8-16-17(15)26-11-10-25-16/h4,7-8,14H,5-6,9-13H2,1-3H3,(H,21,24). The Morgan fingerprint density at radius 3 is 2.81 bits per heavy atom. The highest BCUT2D eigenvalue weighted by Gasteiger charge is 2.29. The molecule has 0 spiro atoms. The van der Waals surface area contributed by atoms with E-state index >= 15 is 0 Å². The third-order valence-corrected chi connectivity index (χ3v) is 4.54. The van der Waals surface area contributed by atoms with Gasteiger partial charge in [-0.2, -0.15) is 0 Å². The van der Waals surface area contributed by atoms with Gasteiger partial charge < -0.3 is 24.4 Å². The Morgan fingerprint density at radius 1 is 1.26 bits per heavy atom. The SMILES string of the molecule is CC(C)(C)OC(=O)NCC1CCCN(C(=O)c2cccc3c2OCCO3)C1. The second-order valence-corrected chi connectivity index (χ2v) is 7.97. The topological polar surface area (TPSA) is 77.1 Å². The van der Waals surface area contributed by atoms with E-state index in [1.165, 1.54) is 0 Å². The van der Waals surface area contributed by atoms with E-state index in [1.54, 1.807) is 6.07 Å². The highest BCUT2D eigenvalue weighted by molar-refractivity contribution is 5.98. The second kappa shape index (κ2) is 8.06. The van der Waals surface area contributed by atoms with Crippen molar-refractivity contribution in [2.75, 3.05) is 32.8 Å². The maximum absolute atomic E-state index is 13.0. The van der Waals surface area contributed by atoms with Crippen LogP contribution < -0.4 is 14.8 Å². The maximum atomic E-state index is 13.0. The lowest BCUT2D eigenvalue weighted by atomic mass is 9.97. The number of fused-ring (bicyclic) bond motifs is 1. The fourth-order valence-electron chi connectivity index (χ4n) is 3.37. The summed E-state index contributed by atoms with van der Waals surface area (Å²) in [6.07, 6.45) is 1.44. The van der Waals surface area contributed by atoms with Gasteiger partial charge in [-0.25, -0.2) is 4.79 Å². The van der Waals surface area contributed by atoms with Crippen LogP contribution in [0, 0.1) is 5.92 Å². The fraction of sp³-hybridized carbons (Fsp3) is 0.600. The summed E-state index contributed by atoms with van der Waals surface area (Å²) in [6.45, 7) is 8.23. The Morgan fingerprint density at radius 2 is 2.04 bits per heavy atom. The molecule has 0 aliphatic carbocycles. The van der Waals surface area contributed by atoms with Gasteiger partial charge in [0.1, 0.15) is 18.8 Å². The van der Waals surface area contributed by atoms with Gasteiger partial charge in [0, 0.05) is 19.6 Å². The number of ether oxygens (including phenoxy) is 3. The average Bonchev–Trinajstić information content (AvgIpc) is 2.64. The van der Waals surface area contributed by atoms with E-state index in [9.17, 15) is 9.59 Å². The zero-order chi connectivity index (χ0) is 19.4. The van der Waals surface area contributed by atoms with Gasteiger partial charge >= 0.3 is 6.09 Å². The molecule has 3 rings (SSSR count). The minimum absolute atomic E-state index is 0.0562. The number of carbonyl (C=O) groups is 2. The third-order valence-electron chi connectivity index (χ3n) is 4.54. The molecule has 2 amide bonds. The number of likely N-dealkylation sites (tertiary alicyclic amines) is 1. The zero-order valence-electron chi connectivity index (χ0n) is 16.2. The molecular formula is C20H28N2O5. The summed E-state index contributed by atoms with van der Waals surface area (Å²) in [7, 11) is 0. The van der Waals surface area contributed by atoms with E-state index in [2.05, 4.69) is 5.32 Å². The van der Waals surface area contributed by atoms with Crippen LogP contribution in [-0.2, 0) is 4.74 Å². The minimum atomic E-state index is -0.521. The third kappa shape index (κ3) is 5.05. The number of hydrogen-bond acceptors (Lipinski definition) is 5. The number of rotatable bonds is 3. The first-order valence-corrected chi connectivity index (χ1v) is 9.48. The van der Waals surface area contributed by atoms with Crippen LogP contribution in [-0.4, -0.2) is 55.3 Å². The van der Waals surface area contributed by atoms with Crippen LogP contribution in [0.5, 0.6) is 11.5 Å². The summed E-state index contributed by atoms with van der Waals surface area (Å²) >= 11 is 0. The van der Waals surface area contributed by atoms with Crippen molar-refractivity contribution >= 4 is 12.0 Å². The number of benzene rings is 1. The van der Waals surface area contributed by atoms with Crippen LogP contribution in [0.25, 0.3) is 0 Å². The van der Waals surface area contributed by atoms with E-state index in [-0.39, 0.29) is 11.8 Å². The van der Waals surface area contributed by atoms with Crippen LogP contribution in [0.1, 0.15) is 44.0 Å². The smallest absolute Gasteiger partial charge is 0.407 e. The Balaban J connectivity index is 1.60. The molecule has 0 saturated carbocycles. The number of piperidine rings is 1. The first-order chi connectivity index (χ1) is 12.8. The largest absolute Gasteiger partial charge is 0.486 e. The number of nitrogens with zero attached hydrogens (tertiary/aromatic N) is 1. The minimum Gasteiger partial charge on any atom is -0.486 e.